The number of aliphatic imine (C=N–C) groups is 1. The van der Waals surface area contributed by atoms with Crippen LogP contribution >= 0.6 is 0 Å². The Morgan fingerprint density at radius 3 is 2.45 bits per heavy atom. The molecular formula is C15H30N4O3. The minimum absolute atomic E-state index is 0.205. The van der Waals surface area contributed by atoms with Gasteiger partial charge in [0.15, 0.2) is 5.96 Å². The van der Waals surface area contributed by atoms with E-state index in [1.54, 1.807) is 7.05 Å². The van der Waals surface area contributed by atoms with Crippen molar-refractivity contribution >= 4 is 11.9 Å². The van der Waals surface area contributed by atoms with Gasteiger partial charge in [0.05, 0.1) is 19.6 Å². The normalized spacial score (nSPS) is 17.2. The van der Waals surface area contributed by atoms with Crippen molar-refractivity contribution < 1.29 is 14.3 Å². The van der Waals surface area contributed by atoms with Gasteiger partial charge < -0.3 is 20.1 Å². The van der Waals surface area contributed by atoms with Gasteiger partial charge >= 0.3 is 5.97 Å². The van der Waals surface area contributed by atoms with Crippen molar-refractivity contribution in [3.63, 3.8) is 0 Å². The zero-order chi connectivity index (χ0) is 16.4. The van der Waals surface area contributed by atoms with Crippen molar-refractivity contribution in [3.05, 3.63) is 0 Å². The lowest BCUT2D eigenvalue weighted by Gasteiger charge is -2.26. The minimum atomic E-state index is -0.435. The van der Waals surface area contributed by atoms with Crippen molar-refractivity contribution in [3.8, 4) is 0 Å². The highest BCUT2D eigenvalue weighted by Crippen LogP contribution is 2.07. The maximum Gasteiger partial charge on any atom is 0.308 e. The summed E-state index contributed by atoms with van der Waals surface area (Å²) in [5.41, 5.74) is -0.435. The molecule has 1 aliphatic rings. The number of nitrogens with zero attached hydrogens (tertiary/aromatic N) is 2. The Labute approximate surface area is 133 Å². The molecule has 7 nitrogen and oxygen atoms in total. The summed E-state index contributed by atoms with van der Waals surface area (Å²) in [6.07, 6.45) is 0.321. The highest BCUT2D eigenvalue weighted by Gasteiger charge is 2.15. The largest absolute Gasteiger partial charge is 0.460 e. The fourth-order valence-corrected chi connectivity index (χ4v) is 2.05. The number of esters is 1. The van der Waals surface area contributed by atoms with Crippen molar-refractivity contribution in [2.75, 3.05) is 53.0 Å². The van der Waals surface area contributed by atoms with Crippen LogP contribution in [0.25, 0.3) is 0 Å². The van der Waals surface area contributed by atoms with E-state index in [2.05, 4.69) is 20.5 Å². The number of carbonyl (C=O) groups is 1. The molecule has 0 aromatic heterocycles. The summed E-state index contributed by atoms with van der Waals surface area (Å²) in [6.45, 7) is 11.4. The Morgan fingerprint density at radius 2 is 1.86 bits per heavy atom. The van der Waals surface area contributed by atoms with Gasteiger partial charge in [-0.1, -0.05) is 0 Å². The third-order valence-corrected chi connectivity index (χ3v) is 3.09. The van der Waals surface area contributed by atoms with E-state index < -0.39 is 5.60 Å². The number of ether oxygens (including phenoxy) is 2. The van der Waals surface area contributed by atoms with Gasteiger partial charge in [0.25, 0.3) is 0 Å². The summed E-state index contributed by atoms with van der Waals surface area (Å²) in [7, 11) is 1.72. The first kappa shape index (κ1) is 18.7. The van der Waals surface area contributed by atoms with Crippen LogP contribution in [-0.2, 0) is 14.3 Å². The fraction of sp³-hybridized carbons (Fsp3) is 0.867. The first-order valence-electron chi connectivity index (χ1n) is 7.87. The summed E-state index contributed by atoms with van der Waals surface area (Å²) in [6, 6.07) is 0. The quantitative estimate of drug-likeness (QED) is 0.415. The fourth-order valence-electron chi connectivity index (χ4n) is 2.05. The van der Waals surface area contributed by atoms with Gasteiger partial charge in [-0.15, -0.1) is 0 Å². The van der Waals surface area contributed by atoms with Gasteiger partial charge in [-0.3, -0.25) is 14.7 Å². The highest BCUT2D eigenvalue weighted by molar-refractivity contribution is 5.80. The third-order valence-electron chi connectivity index (χ3n) is 3.09. The molecular weight excluding hydrogens is 284 g/mol. The van der Waals surface area contributed by atoms with E-state index in [0.29, 0.717) is 18.9 Å². The van der Waals surface area contributed by atoms with Crippen molar-refractivity contribution in [1.82, 2.24) is 15.5 Å². The molecule has 1 saturated heterocycles. The summed E-state index contributed by atoms with van der Waals surface area (Å²) >= 11 is 0. The number of nitrogens with one attached hydrogen (secondary N) is 2. The lowest BCUT2D eigenvalue weighted by molar-refractivity contribution is -0.154. The lowest BCUT2D eigenvalue weighted by atomic mass is 10.2. The molecule has 0 saturated carbocycles. The molecule has 0 amide bonds. The van der Waals surface area contributed by atoms with Crippen molar-refractivity contribution in [2.24, 2.45) is 4.99 Å². The first-order chi connectivity index (χ1) is 10.4. The maximum atomic E-state index is 11.6. The van der Waals surface area contributed by atoms with E-state index in [9.17, 15) is 4.79 Å². The summed E-state index contributed by atoms with van der Waals surface area (Å²) in [5.74, 6) is 0.501. The molecule has 7 heteroatoms. The zero-order valence-electron chi connectivity index (χ0n) is 14.3. The summed E-state index contributed by atoms with van der Waals surface area (Å²) in [4.78, 5) is 18.1. The number of hydrogen-bond donors (Lipinski definition) is 2. The second-order valence-electron chi connectivity index (χ2n) is 6.22. The van der Waals surface area contributed by atoms with Crippen LogP contribution in [0.4, 0.5) is 0 Å². The standard InChI is InChI=1S/C15H30N4O3/c1-15(2,3)22-13(20)5-6-17-14(16-4)18-7-8-19-9-11-21-12-10-19/h5-12H2,1-4H3,(H2,16,17,18). The maximum absolute atomic E-state index is 11.6. The van der Waals surface area contributed by atoms with Crippen molar-refractivity contribution in [1.29, 1.82) is 0 Å². The molecule has 0 atom stereocenters. The molecule has 0 aromatic carbocycles. The topological polar surface area (TPSA) is 75.2 Å². The number of carbonyl (C=O) groups excluding carboxylic acids is 1. The monoisotopic (exact) mass is 314 g/mol. The van der Waals surface area contributed by atoms with Gasteiger partial charge in [-0.25, -0.2) is 0 Å². The van der Waals surface area contributed by atoms with E-state index in [-0.39, 0.29) is 5.97 Å². The molecule has 1 aliphatic heterocycles. The van der Waals surface area contributed by atoms with Crippen LogP contribution in [0.1, 0.15) is 27.2 Å². The summed E-state index contributed by atoms with van der Waals surface area (Å²) < 4.78 is 10.6. The third kappa shape index (κ3) is 8.84. The molecule has 2 N–H and O–H groups in total. The molecule has 1 fully saturated rings. The molecule has 1 heterocycles. The second kappa shape index (κ2) is 9.63. The predicted octanol–water partition coefficient (Wildman–Crippen LogP) is 0.215. The minimum Gasteiger partial charge on any atom is -0.460 e. The molecule has 0 radical (unpaired) electrons. The number of guanidine groups is 1. The Balaban J connectivity index is 2.13. The number of morpholine rings is 1. The molecule has 0 spiro atoms. The van der Waals surface area contributed by atoms with Crippen LogP contribution in [0.3, 0.4) is 0 Å². The van der Waals surface area contributed by atoms with E-state index in [1.165, 1.54) is 0 Å². The van der Waals surface area contributed by atoms with Crippen LogP contribution in [0.2, 0.25) is 0 Å². The molecule has 0 bridgehead atoms. The van der Waals surface area contributed by atoms with Gasteiger partial charge in [0.1, 0.15) is 5.60 Å². The van der Waals surface area contributed by atoms with E-state index >= 15 is 0 Å². The van der Waals surface area contributed by atoms with Crippen LogP contribution in [0, 0.1) is 0 Å². The Kier molecular flexibility index (Phi) is 8.19. The SMILES string of the molecule is CN=C(NCCC(=O)OC(C)(C)C)NCCN1CCOCC1. The van der Waals surface area contributed by atoms with Crippen LogP contribution < -0.4 is 10.6 Å². The lowest BCUT2D eigenvalue weighted by Crippen LogP contribution is -2.44. The van der Waals surface area contributed by atoms with Crippen LogP contribution in [-0.4, -0.2) is 75.4 Å². The van der Waals surface area contributed by atoms with Gasteiger partial charge in [0.2, 0.25) is 0 Å². The van der Waals surface area contributed by atoms with Gasteiger partial charge in [-0.2, -0.15) is 0 Å². The average molecular weight is 314 g/mol. The number of hydrogen-bond acceptors (Lipinski definition) is 5. The molecule has 0 aromatic rings. The smallest absolute Gasteiger partial charge is 0.308 e. The summed E-state index contributed by atoms with van der Waals surface area (Å²) in [5, 5.41) is 6.36. The molecule has 22 heavy (non-hydrogen) atoms. The predicted molar refractivity (Wildman–Crippen MR) is 87.1 cm³/mol. The van der Waals surface area contributed by atoms with Crippen LogP contribution in [0.5, 0.6) is 0 Å². The number of rotatable bonds is 6. The first-order valence-corrected chi connectivity index (χ1v) is 7.87. The highest BCUT2D eigenvalue weighted by atomic mass is 16.6. The van der Waals surface area contributed by atoms with E-state index in [4.69, 9.17) is 9.47 Å². The Morgan fingerprint density at radius 1 is 1.23 bits per heavy atom. The Hall–Kier alpha value is -1.34. The van der Waals surface area contributed by atoms with Gasteiger partial charge in [-0.05, 0) is 20.8 Å². The molecule has 0 aliphatic carbocycles. The van der Waals surface area contributed by atoms with E-state index in [0.717, 1.165) is 39.4 Å². The average Bonchev–Trinajstić information content (AvgIpc) is 2.45. The van der Waals surface area contributed by atoms with Crippen molar-refractivity contribution in [2.45, 2.75) is 32.8 Å². The van der Waals surface area contributed by atoms with Gasteiger partial charge in [0, 0.05) is 39.8 Å². The van der Waals surface area contributed by atoms with E-state index in [1.807, 2.05) is 20.8 Å². The Bertz CT molecular complexity index is 360. The molecule has 128 valence electrons. The molecule has 0 unspecified atom stereocenters. The second-order valence-corrected chi connectivity index (χ2v) is 6.22. The zero-order valence-corrected chi connectivity index (χ0v) is 14.3. The molecule has 1 rings (SSSR count). The van der Waals surface area contributed by atoms with Crippen LogP contribution in [0.15, 0.2) is 4.99 Å².